The van der Waals surface area contributed by atoms with Crippen LogP contribution in [0.5, 0.6) is 0 Å². The molecule has 0 unspecified atom stereocenters. The van der Waals surface area contributed by atoms with Crippen LogP contribution in [0.25, 0.3) is 0 Å². The van der Waals surface area contributed by atoms with Crippen LogP contribution in [0.1, 0.15) is 24.4 Å². The van der Waals surface area contributed by atoms with E-state index in [1.807, 2.05) is 6.07 Å². The molecule has 1 aromatic carbocycles. The summed E-state index contributed by atoms with van der Waals surface area (Å²) in [6.45, 7) is 0. The van der Waals surface area contributed by atoms with Gasteiger partial charge in [0.05, 0.1) is 11.6 Å². The van der Waals surface area contributed by atoms with Crippen molar-refractivity contribution in [3.8, 4) is 6.07 Å². The van der Waals surface area contributed by atoms with Crippen LogP contribution in [0.3, 0.4) is 0 Å². The van der Waals surface area contributed by atoms with Gasteiger partial charge in [-0.15, -0.1) is 5.10 Å². The van der Waals surface area contributed by atoms with Crippen molar-refractivity contribution < 1.29 is 0 Å². The lowest BCUT2D eigenvalue weighted by Crippen LogP contribution is -2.16. The predicted octanol–water partition coefficient (Wildman–Crippen LogP) is 1.51. The van der Waals surface area contributed by atoms with Crippen LogP contribution in [-0.4, -0.2) is 14.8 Å². The molecule has 1 saturated carbocycles. The zero-order valence-electron chi connectivity index (χ0n) is 9.96. The Hall–Kier alpha value is -2.20. The van der Waals surface area contributed by atoms with Crippen molar-refractivity contribution in [1.82, 2.24) is 14.8 Å². The molecule has 0 aliphatic heterocycles. The number of nitrogens with two attached hydrogens (primary N) is 1. The lowest BCUT2D eigenvalue weighted by atomic mass is 10.2. The Morgan fingerprint density at radius 1 is 1.53 bits per heavy atom. The van der Waals surface area contributed by atoms with E-state index in [0.717, 1.165) is 17.7 Å². The van der Waals surface area contributed by atoms with Crippen LogP contribution >= 0.6 is 11.8 Å². The first kappa shape index (κ1) is 11.9. The number of aromatic amines is 1. The van der Waals surface area contributed by atoms with E-state index in [2.05, 4.69) is 10.2 Å². The third kappa shape index (κ3) is 2.22. The van der Waals surface area contributed by atoms with Crippen molar-refractivity contribution in [3.05, 3.63) is 34.2 Å². The third-order valence-electron chi connectivity index (χ3n) is 2.92. The van der Waals surface area contributed by atoms with Crippen LogP contribution in [0.2, 0.25) is 0 Å². The van der Waals surface area contributed by atoms with Crippen molar-refractivity contribution in [1.29, 1.82) is 5.26 Å². The van der Waals surface area contributed by atoms with Gasteiger partial charge >= 0.3 is 5.69 Å². The Morgan fingerprint density at radius 3 is 2.95 bits per heavy atom. The lowest BCUT2D eigenvalue weighted by Gasteiger charge is -2.06. The zero-order chi connectivity index (χ0) is 13.4. The second-order valence-corrected chi connectivity index (χ2v) is 5.39. The fraction of sp³-hybridized carbons (Fsp3) is 0.250. The average molecular weight is 273 g/mol. The van der Waals surface area contributed by atoms with E-state index in [4.69, 9.17) is 11.0 Å². The number of rotatable bonds is 3. The maximum atomic E-state index is 11.7. The Bertz CT molecular complexity index is 722. The molecule has 1 aliphatic rings. The van der Waals surface area contributed by atoms with Crippen LogP contribution < -0.4 is 11.4 Å². The summed E-state index contributed by atoms with van der Waals surface area (Å²) in [6.07, 6.45) is 2.02. The summed E-state index contributed by atoms with van der Waals surface area (Å²) in [5.41, 5.74) is 6.75. The standard InChI is InChI=1S/C12H11N5OS/c13-6-7-1-4-10(9(14)5-7)19-12-16-15-11(18)17(12)8-2-3-8/h1,4-5,8H,2-3,14H2,(H,15,18). The summed E-state index contributed by atoms with van der Waals surface area (Å²) >= 11 is 1.34. The van der Waals surface area contributed by atoms with E-state index in [0.29, 0.717) is 16.4 Å². The average Bonchev–Trinajstić information content (AvgIpc) is 3.17. The second kappa shape index (κ2) is 4.48. The minimum atomic E-state index is -0.183. The molecule has 0 bridgehead atoms. The van der Waals surface area contributed by atoms with Gasteiger partial charge in [-0.25, -0.2) is 9.89 Å². The van der Waals surface area contributed by atoms with Gasteiger partial charge in [-0.3, -0.25) is 4.57 Å². The van der Waals surface area contributed by atoms with Gasteiger partial charge in [0.1, 0.15) is 0 Å². The van der Waals surface area contributed by atoms with Crippen LogP contribution in [0.4, 0.5) is 5.69 Å². The van der Waals surface area contributed by atoms with Crippen molar-refractivity contribution in [2.24, 2.45) is 0 Å². The minimum Gasteiger partial charge on any atom is -0.398 e. The number of nitrogen functional groups attached to an aromatic ring is 1. The number of nitrogens with zero attached hydrogens (tertiary/aromatic N) is 3. The first-order chi connectivity index (χ1) is 9.19. The molecule has 0 spiro atoms. The fourth-order valence-electron chi connectivity index (χ4n) is 1.83. The molecular weight excluding hydrogens is 262 g/mol. The lowest BCUT2D eigenvalue weighted by molar-refractivity contribution is 0.642. The van der Waals surface area contributed by atoms with Gasteiger partial charge in [0, 0.05) is 16.6 Å². The van der Waals surface area contributed by atoms with E-state index in [1.54, 1.807) is 22.8 Å². The summed E-state index contributed by atoms with van der Waals surface area (Å²) in [5, 5.41) is 15.9. The van der Waals surface area contributed by atoms with Gasteiger partial charge < -0.3 is 5.73 Å². The predicted molar refractivity (Wildman–Crippen MR) is 70.8 cm³/mol. The topological polar surface area (TPSA) is 100 Å². The summed E-state index contributed by atoms with van der Waals surface area (Å²) in [7, 11) is 0. The summed E-state index contributed by atoms with van der Waals surface area (Å²) < 4.78 is 1.67. The van der Waals surface area contributed by atoms with Gasteiger partial charge in [-0.1, -0.05) is 0 Å². The number of aromatic nitrogens is 3. The number of hydrogen-bond acceptors (Lipinski definition) is 5. The largest absolute Gasteiger partial charge is 0.398 e. The highest BCUT2D eigenvalue weighted by molar-refractivity contribution is 7.99. The Kier molecular flexibility index (Phi) is 2.80. The zero-order valence-corrected chi connectivity index (χ0v) is 10.8. The molecule has 2 aromatic rings. The number of nitriles is 1. The smallest absolute Gasteiger partial charge is 0.344 e. The molecule has 1 heterocycles. The highest BCUT2D eigenvalue weighted by atomic mass is 32.2. The molecule has 7 heteroatoms. The molecule has 19 heavy (non-hydrogen) atoms. The molecule has 96 valence electrons. The Morgan fingerprint density at radius 2 is 2.32 bits per heavy atom. The first-order valence-corrected chi connectivity index (χ1v) is 6.65. The Labute approximate surface area is 113 Å². The van der Waals surface area contributed by atoms with Gasteiger partial charge in [-0.05, 0) is 42.8 Å². The molecule has 0 atom stereocenters. The molecule has 3 N–H and O–H groups in total. The third-order valence-corrected chi connectivity index (χ3v) is 3.99. The van der Waals surface area contributed by atoms with E-state index >= 15 is 0 Å². The quantitative estimate of drug-likeness (QED) is 0.825. The summed E-state index contributed by atoms with van der Waals surface area (Å²) in [6, 6.07) is 7.39. The van der Waals surface area contributed by atoms with E-state index < -0.39 is 0 Å². The molecule has 1 fully saturated rings. The molecule has 1 aliphatic carbocycles. The molecule has 1 aromatic heterocycles. The Balaban J connectivity index is 1.94. The number of H-pyrrole nitrogens is 1. The van der Waals surface area contributed by atoms with Crippen molar-refractivity contribution in [3.63, 3.8) is 0 Å². The van der Waals surface area contributed by atoms with Gasteiger partial charge in [-0.2, -0.15) is 5.26 Å². The summed E-state index contributed by atoms with van der Waals surface area (Å²) in [5.74, 6) is 0. The minimum absolute atomic E-state index is 0.183. The molecule has 0 saturated heterocycles. The first-order valence-electron chi connectivity index (χ1n) is 5.83. The van der Waals surface area contributed by atoms with Crippen molar-refractivity contribution in [2.75, 3.05) is 5.73 Å². The highest BCUT2D eigenvalue weighted by Crippen LogP contribution is 2.38. The number of nitrogens with one attached hydrogen (secondary N) is 1. The van der Waals surface area contributed by atoms with Crippen LogP contribution in [0.15, 0.2) is 33.0 Å². The second-order valence-electron chi connectivity index (χ2n) is 4.38. The van der Waals surface area contributed by atoms with Gasteiger partial charge in [0.15, 0.2) is 5.16 Å². The van der Waals surface area contributed by atoms with E-state index in [1.165, 1.54) is 11.8 Å². The normalized spacial score (nSPS) is 14.3. The highest BCUT2D eigenvalue weighted by Gasteiger charge is 2.28. The SMILES string of the molecule is N#Cc1ccc(Sc2n[nH]c(=O)n2C2CC2)c(N)c1. The van der Waals surface area contributed by atoms with E-state index in [9.17, 15) is 4.79 Å². The van der Waals surface area contributed by atoms with Gasteiger partial charge in [0.2, 0.25) is 0 Å². The molecule has 3 rings (SSSR count). The van der Waals surface area contributed by atoms with Crippen LogP contribution in [-0.2, 0) is 0 Å². The van der Waals surface area contributed by atoms with Crippen molar-refractivity contribution >= 4 is 17.4 Å². The maximum Gasteiger partial charge on any atom is 0.344 e. The number of anilines is 1. The molecule has 6 nitrogen and oxygen atoms in total. The number of benzene rings is 1. The molecule has 0 radical (unpaired) electrons. The molecule has 0 amide bonds. The number of hydrogen-bond donors (Lipinski definition) is 2. The maximum absolute atomic E-state index is 11.7. The monoisotopic (exact) mass is 273 g/mol. The van der Waals surface area contributed by atoms with E-state index in [-0.39, 0.29) is 11.7 Å². The van der Waals surface area contributed by atoms with Crippen molar-refractivity contribution in [2.45, 2.75) is 28.9 Å². The van der Waals surface area contributed by atoms with Gasteiger partial charge in [0.25, 0.3) is 0 Å². The summed E-state index contributed by atoms with van der Waals surface area (Å²) in [4.78, 5) is 12.4. The van der Waals surface area contributed by atoms with Crippen LogP contribution in [0, 0.1) is 11.3 Å². The fourth-order valence-corrected chi connectivity index (χ4v) is 2.76. The molecular formula is C12H11N5OS.